The number of benzene rings is 1. The van der Waals surface area contributed by atoms with Crippen LogP contribution in [-0.4, -0.2) is 4.98 Å². The smallest absolute Gasteiger partial charge is 0.134 e. The molecule has 0 saturated heterocycles. The zero-order valence-electron chi connectivity index (χ0n) is 8.46. The number of nitrogens with two attached hydrogens (primary N) is 1. The van der Waals surface area contributed by atoms with Crippen molar-refractivity contribution in [2.24, 2.45) is 5.73 Å². The molecular formula is C12H10N2OS. The van der Waals surface area contributed by atoms with Gasteiger partial charge in [-0.3, -0.25) is 0 Å². The van der Waals surface area contributed by atoms with Crippen molar-refractivity contribution in [2.75, 3.05) is 0 Å². The van der Waals surface area contributed by atoms with Gasteiger partial charge in [0.2, 0.25) is 0 Å². The molecule has 1 unspecified atom stereocenters. The first-order valence-corrected chi connectivity index (χ1v) is 5.91. The maximum Gasteiger partial charge on any atom is 0.134 e. The van der Waals surface area contributed by atoms with Gasteiger partial charge in [0, 0.05) is 10.8 Å². The van der Waals surface area contributed by atoms with E-state index in [-0.39, 0.29) is 6.04 Å². The van der Waals surface area contributed by atoms with Crippen molar-refractivity contribution in [2.45, 2.75) is 6.04 Å². The molecule has 0 radical (unpaired) electrons. The van der Waals surface area contributed by atoms with Crippen LogP contribution in [0.25, 0.3) is 11.0 Å². The molecule has 0 aliphatic heterocycles. The van der Waals surface area contributed by atoms with Crippen molar-refractivity contribution in [3.05, 3.63) is 52.7 Å². The van der Waals surface area contributed by atoms with Gasteiger partial charge >= 0.3 is 0 Å². The Balaban J connectivity index is 2.06. The monoisotopic (exact) mass is 230 g/mol. The van der Waals surface area contributed by atoms with E-state index in [1.165, 1.54) is 11.3 Å². The minimum Gasteiger partial charge on any atom is -0.459 e. The fraction of sp³-hybridized carbons (Fsp3) is 0.0833. The molecule has 2 aromatic heterocycles. The summed E-state index contributed by atoms with van der Waals surface area (Å²) in [6.45, 7) is 0. The first-order valence-electron chi connectivity index (χ1n) is 4.97. The number of hydrogen-bond donors (Lipinski definition) is 1. The second-order valence-electron chi connectivity index (χ2n) is 3.58. The maximum absolute atomic E-state index is 6.08. The van der Waals surface area contributed by atoms with E-state index in [9.17, 15) is 0 Å². The van der Waals surface area contributed by atoms with E-state index in [0.717, 1.165) is 22.4 Å². The lowest BCUT2D eigenvalue weighted by atomic mass is 10.2. The van der Waals surface area contributed by atoms with Crippen LogP contribution in [0.4, 0.5) is 0 Å². The van der Waals surface area contributed by atoms with E-state index >= 15 is 0 Å². The zero-order chi connectivity index (χ0) is 11.0. The Hall–Kier alpha value is -1.65. The quantitative estimate of drug-likeness (QED) is 0.736. The number of nitrogens with zero attached hydrogens (tertiary/aromatic N) is 1. The van der Waals surface area contributed by atoms with Gasteiger partial charge in [0.1, 0.15) is 17.4 Å². The van der Waals surface area contributed by atoms with Gasteiger partial charge in [0.05, 0.1) is 11.2 Å². The van der Waals surface area contributed by atoms with Crippen LogP contribution in [0.3, 0.4) is 0 Å². The minimum absolute atomic E-state index is 0.279. The summed E-state index contributed by atoms with van der Waals surface area (Å²) in [4.78, 5) is 4.20. The first kappa shape index (κ1) is 9.57. The maximum atomic E-state index is 6.08. The largest absolute Gasteiger partial charge is 0.459 e. The summed E-state index contributed by atoms with van der Waals surface area (Å²) in [6.07, 6.45) is 0. The Labute approximate surface area is 96.5 Å². The summed E-state index contributed by atoms with van der Waals surface area (Å²) in [5.74, 6) is 0.757. The van der Waals surface area contributed by atoms with Gasteiger partial charge in [0.25, 0.3) is 0 Å². The Morgan fingerprint density at radius 2 is 2.19 bits per heavy atom. The molecule has 0 bridgehead atoms. The van der Waals surface area contributed by atoms with E-state index < -0.39 is 0 Å². The lowest BCUT2D eigenvalue weighted by Crippen LogP contribution is -2.10. The van der Waals surface area contributed by atoms with Crippen LogP contribution in [0.1, 0.15) is 17.5 Å². The van der Waals surface area contributed by atoms with Crippen molar-refractivity contribution in [3.63, 3.8) is 0 Å². The van der Waals surface area contributed by atoms with E-state index in [1.54, 1.807) is 5.51 Å². The van der Waals surface area contributed by atoms with E-state index in [4.69, 9.17) is 10.2 Å². The third-order valence-electron chi connectivity index (χ3n) is 2.52. The third-order valence-corrected chi connectivity index (χ3v) is 3.13. The molecule has 0 amide bonds. The van der Waals surface area contributed by atoms with Gasteiger partial charge in [0.15, 0.2) is 0 Å². The third kappa shape index (κ3) is 1.52. The molecule has 0 fully saturated rings. The summed E-state index contributed by atoms with van der Waals surface area (Å²) in [7, 11) is 0. The summed E-state index contributed by atoms with van der Waals surface area (Å²) in [5.41, 5.74) is 9.57. The molecule has 0 saturated carbocycles. The van der Waals surface area contributed by atoms with Crippen LogP contribution < -0.4 is 5.73 Å². The van der Waals surface area contributed by atoms with Gasteiger partial charge in [-0.1, -0.05) is 18.2 Å². The average Bonchev–Trinajstić information content (AvgIpc) is 2.97. The van der Waals surface area contributed by atoms with Crippen LogP contribution >= 0.6 is 11.3 Å². The molecule has 0 aliphatic rings. The number of aromatic nitrogens is 1. The van der Waals surface area contributed by atoms with E-state index in [0.29, 0.717) is 0 Å². The molecule has 80 valence electrons. The van der Waals surface area contributed by atoms with Crippen molar-refractivity contribution in [1.29, 1.82) is 0 Å². The Bertz CT molecular complexity index is 567. The molecule has 16 heavy (non-hydrogen) atoms. The molecule has 2 heterocycles. The first-order chi connectivity index (χ1) is 7.84. The zero-order valence-corrected chi connectivity index (χ0v) is 9.28. The van der Waals surface area contributed by atoms with Gasteiger partial charge in [-0.2, -0.15) is 0 Å². The van der Waals surface area contributed by atoms with E-state index in [1.807, 2.05) is 35.7 Å². The highest BCUT2D eigenvalue weighted by Gasteiger charge is 2.15. The standard InChI is InChI=1S/C12H10N2OS/c13-12(9-6-16-7-14-9)11-5-8-3-1-2-4-10(8)15-11/h1-7,12H,13H2. The number of para-hydroxylation sites is 1. The molecule has 4 heteroatoms. The molecule has 3 aromatic rings. The van der Waals surface area contributed by atoms with Crippen molar-refractivity contribution in [3.8, 4) is 0 Å². The van der Waals surface area contributed by atoms with Crippen LogP contribution in [0.15, 0.2) is 45.6 Å². The van der Waals surface area contributed by atoms with Crippen molar-refractivity contribution < 1.29 is 4.42 Å². The van der Waals surface area contributed by atoms with Gasteiger partial charge in [-0.15, -0.1) is 11.3 Å². The molecule has 0 aliphatic carbocycles. The van der Waals surface area contributed by atoms with Crippen LogP contribution in [0.5, 0.6) is 0 Å². The number of hydrogen-bond acceptors (Lipinski definition) is 4. The summed E-state index contributed by atoms with van der Waals surface area (Å²) in [5, 5.41) is 3.01. The summed E-state index contributed by atoms with van der Waals surface area (Å²) in [6, 6.07) is 9.57. The molecular weight excluding hydrogens is 220 g/mol. The number of fused-ring (bicyclic) bond motifs is 1. The van der Waals surface area contributed by atoms with E-state index in [2.05, 4.69) is 4.98 Å². The highest BCUT2D eigenvalue weighted by molar-refractivity contribution is 7.07. The van der Waals surface area contributed by atoms with Crippen LogP contribution in [0.2, 0.25) is 0 Å². The fourth-order valence-electron chi connectivity index (χ4n) is 1.68. The highest BCUT2D eigenvalue weighted by atomic mass is 32.1. The van der Waals surface area contributed by atoms with Gasteiger partial charge in [-0.05, 0) is 12.1 Å². The lowest BCUT2D eigenvalue weighted by molar-refractivity contribution is 0.521. The second-order valence-corrected chi connectivity index (χ2v) is 4.30. The minimum atomic E-state index is -0.279. The number of furan rings is 1. The molecule has 1 aromatic carbocycles. The Morgan fingerprint density at radius 1 is 1.31 bits per heavy atom. The SMILES string of the molecule is NC(c1cscn1)c1cc2ccccc2o1. The molecule has 3 rings (SSSR count). The van der Waals surface area contributed by atoms with Gasteiger partial charge in [-0.25, -0.2) is 4.98 Å². The fourth-order valence-corrected chi connectivity index (χ4v) is 2.27. The molecule has 1 atom stereocenters. The topological polar surface area (TPSA) is 52.0 Å². The molecule has 3 nitrogen and oxygen atoms in total. The van der Waals surface area contributed by atoms with Crippen molar-refractivity contribution >= 4 is 22.3 Å². The number of rotatable bonds is 2. The van der Waals surface area contributed by atoms with Crippen molar-refractivity contribution in [1.82, 2.24) is 4.98 Å². The Morgan fingerprint density at radius 3 is 2.94 bits per heavy atom. The van der Waals surface area contributed by atoms with Crippen LogP contribution in [-0.2, 0) is 0 Å². The lowest BCUT2D eigenvalue weighted by Gasteiger charge is -2.03. The predicted molar refractivity (Wildman–Crippen MR) is 64.4 cm³/mol. The normalized spacial score (nSPS) is 13.1. The summed E-state index contributed by atoms with van der Waals surface area (Å²) >= 11 is 1.54. The summed E-state index contributed by atoms with van der Waals surface area (Å²) < 4.78 is 5.69. The average molecular weight is 230 g/mol. The predicted octanol–water partition coefficient (Wildman–Crippen LogP) is 2.94. The molecule has 2 N–H and O–H groups in total. The number of thiazole rings is 1. The van der Waals surface area contributed by atoms with Crippen LogP contribution in [0, 0.1) is 0 Å². The Kier molecular flexibility index (Phi) is 2.23. The second kappa shape index (κ2) is 3.73. The van der Waals surface area contributed by atoms with Gasteiger partial charge < -0.3 is 10.2 Å². The molecule has 0 spiro atoms. The highest BCUT2D eigenvalue weighted by Crippen LogP contribution is 2.26.